The van der Waals surface area contributed by atoms with Gasteiger partial charge in [-0.05, 0) is 62.5 Å². The molecule has 0 unspecified atom stereocenters. The molecule has 2 aromatic heterocycles. The number of azo groups is 1. The number of aromatic nitrogens is 1. The Morgan fingerprint density at radius 1 is 1.24 bits per heavy atom. The monoisotopic (exact) mass is 390 g/mol. The lowest BCUT2D eigenvalue weighted by molar-refractivity contribution is 0.360. The van der Waals surface area contributed by atoms with Crippen LogP contribution >= 0.6 is 0 Å². The van der Waals surface area contributed by atoms with Crippen molar-refractivity contribution in [3.05, 3.63) is 47.3 Å². The molecule has 0 spiro atoms. The average molecular weight is 390 g/mol. The maximum atomic E-state index is 10.8. The molecule has 0 aliphatic carbocycles. The van der Waals surface area contributed by atoms with Crippen LogP contribution in [0.2, 0.25) is 0 Å². The van der Waals surface area contributed by atoms with E-state index in [4.69, 9.17) is 9.15 Å². The fourth-order valence-electron chi connectivity index (χ4n) is 4.12. The molecule has 1 aromatic carbocycles. The van der Waals surface area contributed by atoms with Crippen molar-refractivity contribution in [3.63, 3.8) is 0 Å². The normalized spacial score (nSPS) is 17.9. The van der Waals surface area contributed by atoms with Crippen LogP contribution in [0.3, 0.4) is 0 Å². The summed E-state index contributed by atoms with van der Waals surface area (Å²) >= 11 is 0. The van der Waals surface area contributed by atoms with E-state index in [1.54, 1.807) is 19.4 Å². The van der Waals surface area contributed by atoms with Crippen molar-refractivity contribution in [3.8, 4) is 11.5 Å². The Morgan fingerprint density at radius 2 is 2.10 bits per heavy atom. The van der Waals surface area contributed by atoms with E-state index in [2.05, 4.69) is 20.5 Å². The SMILES string of the molecule is COc1ccc2c(O)c(C=C3N=Nc4ncccc43)oc2c1CC1CCNCC1. The van der Waals surface area contributed by atoms with Gasteiger partial charge in [-0.3, -0.25) is 0 Å². The Hall–Kier alpha value is -3.19. The number of rotatable bonds is 4. The summed E-state index contributed by atoms with van der Waals surface area (Å²) in [5.74, 6) is 2.40. The van der Waals surface area contributed by atoms with E-state index in [0.29, 0.717) is 34.2 Å². The first kappa shape index (κ1) is 17.9. The summed E-state index contributed by atoms with van der Waals surface area (Å²) in [7, 11) is 1.67. The number of piperidine rings is 1. The molecule has 7 nitrogen and oxygen atoms in total. The predicted molar refractivity (Wildman–Crippen MR) is 110 cm³/mol. The maximum Gasteiger partial charge on any atom is 0.183 e. The lowest BCUT2D eigenvalue weighted by atomic mass is 9.90. The number of nitrogens with one attached hydrogen (secondary N) is 1. The minimum absolute atomic E-state index is 0.106. The molecule has 2 N–H and O–H groups in total. The van der Waals surface area contributed by atoms with Gasteiger partial charge in [0.25, 0.3) is 0 Å². The molecular weight excluding hydrogens is 368 g/mol. The summed E-state index contributed by atoms with van der Waals surface area (Å²) in [4.78, 5) is 4.20. The second kappa shape index (κ2) is 7.33. The van der Waals surface area contributed by atoms with Crippen LogP contribution in [0, 0.1) is 5.92 Å². The van der Waals surface area contributed by atoms with E-state index < -0.39 is 0 Å². The number of ether oxygens (including phenoxy) is 1. The van der Waals surface area contributed by atoms with Crippen molar-refractivity contribution < 1.29 is 14.3 Å². The van der Waals surface area contributed by atoms with E-state index in [9.17, 15) is 5.11 Å². The van der Waals surface area contributed by atoms with Gasteiger partial charge in [0.05, 0.1) is 12.5 Å². The standard InChI is InChI=1S/C22H22N4O3/c1-28-18-5-4-15-20(27)19(12-17-14-3-2-8-24-22(14)26-25-17)29-21(15)16(18)11-13-6-9-23-10-7-13/h2-5,8,12-13,23,27H,6-7,9-11H2,1H3. The largest absolute Gasteiger partial charge is 0.504 e. The zero-order chi connectivity index (χ0) is 19.8. The van der Waals surface area contributed by atoms with Crippen LogP contribution in [-0.4, -0.2) is 30.3 Å². The van der Waals surface area contributed by atoms with Gasteiger partial charge in [-0.1, -0.05) is 0 Å². The number of furan rings is 1. The number of fused-ring (bicyclic) bond motifs is 2. The van der Waals surface area contributed by atoms with Gasteiger partial charge < -0.3 is 19.6 Å². The number of nitrogens with zero attached hydrogens (tertiary/aromatic N) is 3. The lowest BCUT2D eigenvalue weighted by Crippen LogP contribution is -2.28. The van der Waals surface area contributed by atoms with E-state index in [0.717, 1.165) is 49.2 Å². The minimum Gasteiger partial charge on any atom is -0.504 e. The molecule has 7 heteroatoms. The quantitative estimate of drug-likeness (QED) is 0.675. The highest BCUT2D eigenvalue weighted by Gasteiger charge is 2.23. The molecule has 0 radical (unpaired) electrons. The Morgan fingerprint density at radius 3 is 2.93 bits per heavy atom. The van der Waals surface area contributed by atoms with E-state index >= 15 is 0 Å². The summed E-state index contributed by atoms with van der Waals surface area (Å²) in [6, 6.07) is 7.48. The Labute approximate surface area is 168 Å². The average Bonchev–Trinajstić information content (AvgIpc) is 3.31. The van der Waals surface area contributed by atoms with Crippen LogP contribution in [-0.2, 0) is 6.42 Å². The number of hydrogen-bond donors (Lipinski definition) is 2. The molecule has 2 aliphatic rings. The van der Waals surface area contributed by atoms with Gasteiger partial charge in [0.15, 0.2) is 17.3 Å². The number of pyridine rings is 1. The van der Waals surface area contributed by atoms with Gasteiger partial charge in [-0.15, -0.1) is 10.2 Å². The third-order valence-corrected chi connectivity index (χ3v) is 5.67. The lowest BCUT2D eigenvalue weighted by Gasteiger charge is -2.23. The zero-order valence-corrected chi connectivity index (χ0v) is 16.2. The fraction of sp³-hybridized carbons (Fsp3) is 0.318. The molecule has 4 heterocycles. The van der Waals surface area contributed by atoms with Crippen molar-refractivity contribution in [2.75, 3.05) is 20.2 Å². The highest BCUT2D eigenvalue weighted by Crippen LogP contribution is 2.42. The topological polar surface area (TPSA) is 92.2 Å². The van der Waals surface area contributed by atoms with Crippen molar-refractivity contribution in [1.29, 1.82) is 0 Å². The van der Waals surface area contributed by atoms with Gasteiger partial charge >= 0.3 is 0 Å². The highest BCUT2D eigenvalue weighted by atomic mass is 16.5. The van der Waals surface area contributed by atoms with Gasteiger partial charge in [0.2, 0.25) is 0 Å². The van der Waals surface area contributed by atoms with Crippen molar-refractivity contribution >= 4 is 28.6 Å². The Bertz CT molecular complexity index is 1130. The first-order chi connectivity index (χ1) is 14.2. The molecule has 0 amide bonds. The first-order valence-corrected chi connectivity index (χ1v) is 9.85. The molecule has 29 heavy (non-hydrogen) atoms. The summed E-state index contributed by atoms with van der Waals surface area (Å²) in [6.45, 7) is 2.06. The van der Waals surface area contributed by atoms with Gasteiger partial charge in [0.1, 0.15) is 17.0 Å². The Kier molecular flexibility index (Phi) is 4.52. The summed E-state index contributed by atoms with van der Waals surface area (Å²) in [5, 5.41) is 23.2. The van der Waals surface area contributed by atoms with Crippen LogP contribution in [0.15, 0.2) is 45.1 Å². The van der Waals surface area contributed by atoms with Gasteiger partial charge in [-0.2, -0.15) is 0 Å². The second-order valence-electron chi connectivity index (χ2n) is 7.44. The molecule has 2 aliphatic heterocycles. The number of hydrogen-bond acceptors (Lipinski definition) is 7. The summed E-state index contributed by atoms with van der Waals surface area (Å²) in [6.07, 6.45) is 6.49. The van der Waals surface area contributed by atoms with Gasteiger partial charge in [-0.25, -0.2) is 4.98 Å². The molecule has 148 valence electrons. The smallest absolute Gasteiger partial charge is 0.183 e. The molecule has 5 rings (SSSR count). The van der Waals surface area contributed by atoms with Crippen LogP contribution in [0.5, 0.6) is 11.5 Å². The predicted octanol–water partition coefficient (Wildman–Crippen LogP) is 4.68. The number of benzene rings is 1. The van der Waals surface area contributed by atoms with E-state index in [1.807, 2.05) is 24.3 Å². The fourth-order valence-corrected chi connectivity index (χ4v) is 4.12. The Balaban J connectivity index is 1.58. The number of methoxy groups -OCH3 is 1. The van der Waals surface area contributed by atoms with Crippen molar-refractivity contribution in [1.82, 2.24) is 10.3 Å². The molecule has 1 fully saturated rings. The van der Waals surface area contributed by atoms with E-state index in [-0.39, 0.29) is 5.75 Å². The van der Waals surface area contributed by atoms with Crippen LogP contribution in [0.25, 0.3) is 22.7 Å². The molecular formula is C22H22N4O3. The third kappa shape index (κ3) is 3.17. The minimum atomic E-state index is 0.106. The molecule has 3 aromatic rings. The molecule has 0 bridgehead atoms. The second-order valence-corrected chi connectivity index (χ2v) is 7.44. The first-order valence-electron chi connectivity index (χ1n) is 9.85. The van der Waals surface area contributed by atoms with Gasteiger partial charge in [0, 0.05) is 23.4 Å². The molecule has 1 saturated heterocycles. The molecule has 0 saturated carbocycles. The van der Waals surface area contributed by atoms with Crippen LogP contribution in [0.4, 0.5) is 5.82 Å². The van der Waals surface area contributed by atoms with Crippen molar-refractivity contribution in [2.45, 2.75) is 19.3 Å². The summed E-state index contributed by atoms with van der Waals surface area (Å²) < 4.78 is 11.8. The summed E-state index contributed by atoms with van der Waals surface area (Å²) in [5.41, 5.74) is 3.12. The third-order valence-electron chi connectivity index (χ3n) is 5.67. The van der Waals surface area contributed by atoms with Crippen LogP contribution in [0.1, 0.15) is 29.7 Å². The van der Waals surface area contributed by atoms with Crippen molar-refractivity contribution in [2.24, 2.45) is 16.1 Å². The van der Waals surface area contributed by atoms with Crippen LogP contribution < -0.4 is 10.1 Å². The zero-order valence-electron chi connectivity index (χ0n) is 16.2. The number of aromatic hydroxyl groups is 1. The highest BCUT2D eigenvalue weighted by molar-refractivity contribution is 5.94. The molecule has 0 atom stereocenters. The van der Waals surface area contributed by atoms with E-state index in [1.165, 1.54) is 0 Å². The maximum absolute atomic E-state index is 10.8.